The Hall–Kier alpha value is -3.99. The number of hydrogen-bond donors (Lipinski definition) is 4. The fourth-order valence-corrected chi connectivity index (χ4v) is 6.46. The van der Waals surface area contributed by atoms with Gasteiger partial charge in [-0.1, -0.05) is 56.5 Å². The van der Waals surface area contributed by atoms with E-state index in [4.69, 9.17) is 18.0 Å². The van der Waals surface area contributed by atoms with Crippen molar-refractivity contribution in [1.82, 2.24) is 25.9 Å². The molecule has 7 rings (SSSR count). The van der Waals surface area contributed by atoms with Crippen molar-refractivity contribution >= 4 is 44.7 Å². The van der Waals surface area contributed by atoms with Gasteiger partial charge in [0.05, 0.1) is 39.1 Å². The number of anilines is 2. The maximum Gasteiger partial charge on any atom is 0.0950 e. The first-order valence-electron chi connectivity index (χ1n) is 14.7. The molecule has 1 aliphatic heterocycles. The number of hydrazine groups is 2. The van der Waals surface area contributed by atoms with Crippen LogP contribution in [0.15, 0.2) is 66.9 Å². The summed E-state index contributed by atoms with van der Waals surface area (Å²) in [5, 5.41) is 13.4. The van der Waals surface area contributed by atoms with E-state index in [1.54, 1.807) is 6.20 Å². The van der Waals surface area contributed by atoms with Gasteiger partial charge in [0.25, 0.3) is 0 Å². The van der Waals surface area contributed by atoms with Crippen molar-refractivity contribution in [3.05, 3.63) is 83.0 Å². The molecule has 214 valence electrons. The summed E-state index contributed by atoms with van der Waals surface area (Å²) in [7, 11) is 0. The lowest BCUT2D eigenvalue weighted by Gasteiger charge is -2.26. The SMILES string of the molecule is C#Cc1cnc2c(Cl)cc(N[C@H](C3=CN(C4(C5CC5)CC4)NN3)c3cccc4cnccc34)cc2c1NCC(C)(C)C. The van der Waals surface area contributed by atoms with Gasteiger partial charge in [0, 0.05) is 47.8 Å². The third-order valence-electron chi connectivity index (χ3n) is 8.69. The van der Waals surface area contributed by atoms with Crippen LogP contribution < -0.4 is 21.6 Å². The minimum absolute atomic E-state index is 0.0638. The van der Waals surface area contributed by atoms with Crippen LogP contribution in [0.1, 0.15) is 63.6 Å². The zero-order valence-electron chi connectivity index (χ0n) is 24.3. The van der Waals surface area contributed by atoms with Crippen molar-refractivity contribution in [2.24, 2.45) is 11.3 Å². The maximum absolute atomic E-state index is 6.90. The third-order valence-corrected chi connectivity index (χ3v) is 8.98. The van der Waals surface area contributed by atoms with Gasteiger partial charge in [0.1, 0.15) is 0 Å². The van der Waals surface area contributed by atoms with Crippen molar-refractivity contribution in [3.8, 4) is 12.3 Å². The number of hydrogen-bond acceptors (Lipinski definition) is 7. The predicted molar refractivity (Wildman–Crippen MR) is 172 cm³/mol. The van der Waals surface area contributed by atoms with Crippen molar-refractivity contribution < 1.29 is 0 Å². The van der Waals surface area contributed by atoms with E-state index in [9.17, 15) is 0 Å². The summed E-state index contributed by atoms with van der Waals surface area (Å²) in [6.07, 6.45) is 18.7. The van der Waals surface area contributed by atoms with Gasteiger partial charge in [0.15, 0.2) is 0 Å². The average Bonchev–Trinajstić information content (AvgIpc) is 3.91. The molecule has 0 radical (unpaired) electrons. The first-order chi connectivity index (χ1) is 20.3. The highest BCUT2D eigenvalue weighted by Crippen LogP contribution is 2.57. The van der Waals surface area contributed by atoms with Crippen molar-refractivity contribution in [1.29, 1.82) is 0 Å². The highest BCUT2D eigenvalue weighted by atomic mass is 35.5. The third kappa shape index (κ3) is 4.89. The summed E-state index contributed by atoms with van der Waals surface area (Å²) in [6.45, 7) is 7.33. The monoisotopic (exact) mass is 577 g/mol. The van der Waals surface area contributed by atoms with Gasteiger partial charge in [-0.15, -0.1) is 12.0 Å². The normalized spacial score (nSPS) is 18.4. The second-order valence-electron chi connectivity index (χ2n) is 13.1. The predicted octanol–water partition coefficient (Wildman–Crippen LogP) is 7.14. The molecule has 8 heteroatoms. The first kappa shape index (κ1) is 26.9. The van der Waals surface area contributed by atoms with E-state index < -0.39 is 0 Å². The molecule has 2 fully saturated rings. The summed E-state index contributed by atoms with van der Waals surface area (Å²) in [5.74, 6) is 3.58. The molecular weight excluding hydrogens is 542 g/mol. The second kappa shape index (κ2) is 10.1. The Bertz CT molecular complexity index is 1750. The zero-order chi connectivity index (χ0) is 29.1. The number of fused-ring (bicyclic) bond motifs is 2. The lowest BCUT2D eigenvalue weighted by molar-refractivity contribution is 0.156. The fourth-order valence-electron chi connectivity index (χ4n) is 6.19. The number of rotatable bonds is 8. The maximum atomic E-state index is 6.90. The number of nitrogens with one attached hydrogen (secondary N) is 4. The van der Waals surface area contributed by atoms with Gasteiger partial charge in [0.2, 0.25) is 0 Å². The van der Waals surface area contributed by atoms with Crippen LogP contribution in [0.25, 0.3) is 21.7 Å². The number of nitrogens with zero attached hydrogens (tertiary/aromatic N) is 3. The molecule has 3 aliphatic rings. The van der Waals surface area contributed by atoms with Gasteiger partial charge in [-0.25, -0.2) is 0 Å². The van der Waals surface area contributed by atoms with Gasteiger partial charge in [-0.3, -0.25) is 15.0 Å². The molecule has 42 heavy (non-hydrogen) atoms. The van der Waals surface area contributed by atoms with Crippen LogP contribution in [0.2, 0.25) is 5.02 Å². The van der Waals surface area contributed by atoms with Gasteiger partial charge >= 0.3 is 0 Å². The molecule has 3 heterocycles. The number of pyridine rings is 2. The fraction of sp³-hybridized carbons (Fsp3) is 0.353. The highest BCUT2D eigenvalue weighted by molar-refractivity contribution is 6.35. The van der Waals surface area contributed by atoms with E-state index in [0.717, 1.165) is 56.8 Å². The Kier molecular flexibility index (Phi) is 6.45. The molecule has 2 saturated carbocycles. The minimum Gasteiger partial charge on any atom is -0.383 e. The van der Waals surface area contributed by atoms with Crippen LogP contribution in [0, 0.1) is 23.7 Å². The molecule has 2 aromatic carbocycles. The van der Waals surface area contributed by atoms with Crippen LogP contribution >= 0.6 is 11.6 Å². The van der Waals surface area contributed by atoms with E-state index >= 15 is 0 Å². The minimum atomic E-state index is -0.188. The Morgan fingerprint density at radius 1 is 1.17 bits per heavy atom. The number of terminal acetylenes is 1. The Labute approximate surface area is 252 Å². The van der Waals surface area contributed by atoms with E-state index in [0.29, 0.717) is 10.6 Å². The van der Waals surface area contributed by atoms with E-state index in [1.807, 2.05) is 18.5 Å². The zero-order valence-corrected chi connectivity index (χ0v) is 25.0. The van der Waals surface area contributed by atoms with Crippen LogP contribution in [0.5, 0.6) is 0 Å². The molecular formula is C34H36ClN7. The van der Waals surface area contributed by atoms with Crippen molar-refractivity contribution in [2.45, 2.75) is 58.0 Å². The van der Waals surface area contributed by atoms with Crippen LogP contribution in [-0.4, -0.2) is 27.1 Å². The Morgan fingerprint density at radius 3 is 2.74 bits per heavy atom. The van der Waals surface area contributed by atoms with Gasteiger partial charge in [-0.2, -0.15) is 0 Å². The molecule has 0 spiro atoms. The standard InChI is InChI=1S/C34H36ClN7/c1-5-21-18-37-31-27(30(21)38-20-33(2,3)4)15-24(16-28(31)35)39-32(26-8-6-7-22-17-36-14-11-25(22)26)29-19-42(41-40-29)34(12-13-34)23-9-10-23/h1,6-8,11,14-19,23,32,39-41H,9-10,12-13,20H2,2-4H3,(H,37,38)/t32-/m0/s1. The Balaban J connectivity index is 1.32. The van der Waals surface area contributed by atoms with Crippen LogP contribution in [0.4, 0.5) is 11.4 Å². The van der Waals surface area contributed by atoms with Crippen molar-refractivity contribution in [3.63, 3.8) is 0 Å². The number of aromatic nitrogens is 2. The molecule has 1 atom stereocenters. The van der Waals surface area contributed by atoms with Gasteiger partial charge in [-0.05, 0) is 66.2 Å². The number of benzene rings is 2. The summed E-state index contributed by atoms with van der Waals surface area (Å²) >= 11 is 6.90. The second-order valence-corrected chi connectivity index (χ2v) is 13.5. The molecule has 0 saturated heterocycles. The quantitative estimate of drug-likeness (QED) is 0.166. The summed E-state index contributed by atoms with van der Waals surface area (Å²) in [4.78, 5) is 8.99. The average molecular weight is 578 g/mol. The molecule has 0 unspecified atom stereocenters. The smallest absolute Gasteiger partial charge is 0.0950 e. The highest BCUT2D eigenvalue weighted by Gasteiger charge is 2.58. The topological polar surface area (TPSA) is 77.1 Å². The molecule has 4 N–H and O–H groups in total. The molecule has 2 aromatic heterocycles. The van der Waals surface area contributed by atoms with Crippen LogP contribution in [-0.2, 0) is 0 Å². The summed E-state index contributed by atoms with van der Waals surface area (Å²) in [5.41, 5.74) is 12.7. The lowest BCUT2D eigenvalue weighted by Crippen LogP contribution is -2.46. The summed E-state index contributed by atoms with van der Waals surface area (Å²) in [6, 6.07) is 12.3. The molecule has 2 aliphatic carbocycles. The van der Waals surface area contributed by atoms with E-state index in [1.165, 1.54) is 25.7 Å². The molecule has 0 bridgehead atoms. The molecule has 7 nitrogen and oxygen atoms in total. The van der Waals surface area contributed by atoms with Gasteiger partial charge < -0.3 is 16.1 Å². The molecule has 0 amide bonds. The van der Waals surface area contributed by atoms with E-state index in [-0.39, 0.29) is 17.0 Å². The van der Waals surface area contributed by atoms with Crippen molar-refractivity contribution in [2.75, 3.05) is 17.2 Å². The lowest BCUT2D eigenvalue weighted by atomic mass is 9.96. The first-order valence-corrected chi connectivity index (χ1v) is 15.1. The number of halogens is 1. The molecule has 4 aromatic rings. The summed E-state index contributed by atoms with van der Waals surface area (Å²) < 4.78 is 0. The van der Waals surface area contributed by atoms with E-state index in [2.05, 4.69) is 99.8 Å². The van der Waals surface area contributed by atoms with Crippen LogP contribution in [0.3, 0.4) is 0 Å². The largest absolute Gasteiger partial charge is 0.383 e. The Morgan fingerprint density at radius 2 is 2.00 bits per heavy atom.